The molecule has 1 aliphatic rings. The van der Waals surface area contributed by atoms with Crippen molar-refractivity contribution < 1.29 is 13.2 Å². The van der Waals surface area contributed by atoms with Gasteiger partial charge in [0.1, 0.15) is 0 Å². The number of hydrogen-bond donors (Lipinski definition) is 1. The van der Waals surface area contributed by atoms with Crippen LogP contribution >= 0.6 is 15.9 Å². The summed E-state index contributed by atoms with van der Waals surface area (Å²) in [6.07, 6.45) is 5.78. The molecule has 1 unspecified atom stereocenters. The van der Waals surface area contributed by atoms with Gasteiger partial charge < -0.3 is 0 Å². The number of aromatic nitrogens is 1. The van der Waals surface area contributed by atoms with Crippen LogP contribution in [0.3, 0.4) is 0 Å². The van der Waals surface area contributed by atoms with Gasteiger partial charge in [-0.2, -0.15) is 0 Å². The molecule has 1 N–H and O–H groups in total. The van der Waals surface area contributed by atoms with Gasteiger partial charge in [-0.1, -0.05) is 43.9 Å². The lowest BCUT2D eigenvalue weighted by Crippen LogP contribution is -2.32. The van der Waals surface area contributed by atoms with Crippen LogP contribution in [0.2, 0.25) is 0 Å². The maximum Gasteiger partial charge on any atom is 0.265 e. The van der Waals surface area contributed by atoms with Crippen LogP contribution in [0.4, 0.5) is 0 Å². The molecule has 5 nitrogen and oxygen atoms in total. The van der Waals surface area contributed by atoms with Crippen molar-refractivity contribution in [3.8, 4) is 0 Å². The molecule has 0 aliphatic heterocycles. The first kappa shape index (κ1) is 21.2. The first-order chi connectivity index (χ1) is 13.8. The molecule has 150 valence electrons. The molecule has 1 aliphatic carbocycles. The summed E-state index contributed by atoms with van der Waals surface area (Å²) < 4.78 is 28.5. The molecule has 29 heavy (non-hydrogen) atoms. The molecule has 1 heterocycles. The highest BCUT2D eigenvalue weighted by atomic mass is 79.9. The Morgan fingerprint density at radius 1 is 1.28 bits per heavy atom. The third-order valence-electron chi connectivity index (χ3n) is 4.83. The first-order valence-electron chi connectivity index (χ1n) is 9.12. The first-order valence-corrected chi connectivity index (χ1v) is 11.4. The maximum atomic E-state index is 13.0. The number of pyridine rings is 1. The zero-order valence-corrected chi connectivity index (χ0v) is 18.5. The second-order valence-electron chi connectivity index (χ2n) is 6.66. The highest BCUT2D eigenvalue weighted by Crippen LogP contribution is 2.41. The summed E-state index contributed by atoms with van der Waals surface area (Å²) in [5.41, 5.74) is 3.02. The number of sulfonamides is 1. The van der Waals surface area contributed by atoms with Crippen molar-refractivity contribution in [2.75, 3.05) is 0 Å². The Labute approximate surface area is 179 Å². The van der Waals surface area contributed by atoms with E-state index in [4.69, 9.17) is 0 Å². The predicted octanol–water partition coefficient (Wildman–Crippen LogP) is 4.56. The van der Waals surface area contributed by atoms with Gasteiger partial charge >= 0.3 is 0 Å². The lowest BCUT2D eigenvalue weighted by Gasteiger charge is -2.14. The lowest BCUT2D eigenvalue weighted by atomic mass is 9.94. The molecular weight excluding hydrogens is 452 g/mol. The molecule has 1 aromatic heterocycles. The molecule has 0 saturated carbocycles. The molecule has 2 aromatic rings. The van der Waals surface area contributed by atoms with E-state index in [1.807, 2.05) is 19.1 Å². The van der Waals surface area contributed by atoms with E-state index in [0.29, 0.717) is 11.1 Å². The molecule has 1 aromatic carbocycles. The summed E-state index contributed by atoms with van der Waals surface area (Å²) in [6.45, 7) is 7.54. The minimum atomic E-state index is -4.00. The second-order valence-corrected chi connectivity index (χ2v) is 9.17. The van der Waals surface area contributed by atoms with Gasteiger partial charge in [0.2, 0.25) is 0 Å². The minimum absolute atomic E-state index is 0.0730. The Hall–Kier alpha value is -2.51. The fourth-order valence-corrected chi connectivity index (χ4v) is 5.12. The van der Waals surface area contributed by atoms with E-state index in [-0.39, 0.29) is 16.4 Å². The largest absolute Gasteiger partial charge is 0.268 e. The van der Waals surface area contributed by atoms with Crippen molar-refractivity contribution >= 4 is 37.4 Å². The Bertz CT molecular complexity index is 1150. The third kappa shape index (κ3) is 4.11. The standard InChI is InChI=1S/C22H21BrN2O3S/c1-4-15-13-17(16(5-2)20(15)21-18(23)10-8-12-24-21)22(26)25-29(27,28)19-11-7-6-9-14(19)3/h5-13,15H,2,4H2,1,3H3,(H,25,26). The zero-order valence-electron chi connectivity index (χ0n) is 16.1. The summed E-state index contributed by atoms with van der Waals surface area (Å²) in [6, 6.07) is 10.2. The molecular formula is C22H21BrN2O3S. The fourth-order valence-electron chi connectivity index (χ4n) is 3.44. The van der Waals surface area contributed by atoms with Crippen LogP contribution in [0.25, 0.3) is 5.57 Å². The van der Waals surface area contributed by atoms with Crippen molar-refractivity contribution in [1.29, 1.82) is 0 Å². The summed E-state index contributed by atoms with van der Waals surface area (Å²) in [7, 11) is -4.00. The lowest BCUT2D eigenvalue weighted by molar-refractivity contribution is -0.115. The normalized spacial score (nSPS) is 16.5. The van der Waals surface area contributed by atoms with Gasteiger partial charge in [-0.25, -0.2) is 13.1 Å². The maximum absolute atomic E-state index is 13.0. The number of benzene rings is 1. The van der Waals surface area contributed by atoms with Gasteiger partial charge in [-0.3, -0.25) is 9.78 Å². The van der Waals surface area contributed by atoms with E-state index >= 15 is 0 Å². The summed E-state index contributed by atoms with van der Waals surface area (Å²) in [5.74, 6) is -0.750. The van der Waals surface area contributed by atoms with Crippen molar-refractivity contribution in [2.24, 2.45) is 5.92 Å². The number of nitrogens with one attached hydrogen (secondary N) is 1. The Balaban J connectivity index is 2.02. The second kappa shape index (κ2) is 8.47. The van der Waals surface area contributed by atoms with Crippen LogP contribution in [0.5, 0.6) is 0 Å². The van der Waals surface area contributed by atoms with Gasteiger partial charge in [0, 0.05) is 22.2 Å². The molecule has 0 fully saturated rings. The number of nitrogens with zero attached hydrogens (tertiary/aromatic N) is 1. The topological polar surface area (TPSA) is 76.1 Å². The smallest absolute Gasteiger partial charge is 0.265 e. The Kier molecular flexibility index (Phi) is 6.19. The highest BCUT2D eigenvalue weighted by Gasteiger charge is 2.32. The number of rotatable bonds is 6. The van der Waals surface area contributed by atoms with Crippen molar-refractivity contribution in [3.05, 3.63) is 88.2 Å². The van der Waals surface area contributed by atoms with Crippen molar-refractivity contribution in [3.63, 3.8) is 0 Å². The van der Waals surface area contributed by atoms with Gasteiger partial charge in [0.25, 0.3) is 15.9 Å². The SMILES string of the molecule is C=CC1=C(c2ncccc2Br)C(CC)C=C1C(=O)NS(=O)(=O)c1ccccc1C. The molecule has 3 rings (SSSR count). The number of allylic oxidation sites excluding steroid dienone is 3. The van der Waals surface area contributed by atoms with E-state index in [2.05, 4.69) is 32.2 Å². The average molecular weight is 473 g/mol. The number of hydrogen-bond acceptors (Lipinski definition) is 4. The van der Waals surface area contributed by atoms with Crippen molar-refractivity contribution in [1.82, 2.24) is 9.71 Å². The number of amides is 1. The summed E-state index contributed by atoms with van der Waals surface area (Å²) in [4.78, 5) is 17.5. The van der Waals surface area contributed by atoms with Gasteiger partial charge in [-0.15, -0.1) is 0 Å². The molecule has 0 spiro atoms. The predicted molar refractivity (Wildman–Crippen MR) is 117 cm³/mol. The fraction of sp³-hybridized carbons (Fsp3) is 0.182. The molecule has 0 radical (unpaired) electrons. The Morgan fingerprint density at radius 2 is 2.00 bits per heavy atom. The molecule has 1 amide bonds. The monoisotopic (exact) mass is 472 g/mol. The van der Waals surface area contributed by atoms with E-state index in [1.165, 1.54) is 6.07 Å². The van der Waals surface area contributed by atoms with Crippen molar-refractivity contribution in [2.45, 2.75) is 25.2 Å². The van der Waals surface area contributed by atoms with Gasteiger partial charge in [0.05, 0.1) is 10.6 Å². The summed E-state index contributed by atoms with van der Waals surface area (Å²) in [5, 5.41) is 0. The van der Waals surface area contributed by atoms with Crippen LogP contribution in [0.15, 0.2) is 81.8 Å². The van der Waals surface area contributed by atoms with Gasteiger partial charge in [0.15, 0.2) is 0 Å². The number of carbonyl (C=O) groups is 1. The van der Waals surface area contributed by atoms with Gasteiger partial charge in [-0.05, 0) is 64.2 Å². The third-order valence-corrected chi connectivity index (χ3v) is 6.96. The summed E-state index contributed by atoms with van der Waals surface area (Å²) >= 11 is 3.51. The van der Waals surface area contributed by atoms with Crippen LogP contribution in [-0.4, -0.2) is 19.3 Å². The quantitative estimate of drug-likeness (QED) is 0.668. The zero-order chi connectivity index (χ0) is 21.2. The number of aryl methyl sites for hydroxylation is 1. The minimum Gasteiger partial charge on any atom is -0.268 e. The Morgan fingerprint density at radius 3 is 2.62 bits per heavy atom. The van der Waals surface area contributed by atoms with E-state index in [9.17, 15) is 13.2 Å². The molecule has 1 atom stereocenters. The number of halogens is 1. The van der Waals surface area contributed by atoms with Crippen LogP contribution in [0.1, 0.15) is 24.6 Å². The molecule has 0 saturated heterocycles. The highest BCUT2D eigenvalue weighted by molar-refractivity contribution is 9.10. The van der Waals surface area contributed by atoms with Crippen LogP contribution in [0, 0.1) is 12.8 Å². The van der Waals surface area contributed by atoms with Crippen LogP contribution < -0.4 is 4.72 Å². The average Bonchev–Trinajstić information content (AvgIpc) is 3.07. The van der Waals surface area contributed by atoms with Crippen LogP contribution in [-0.2, 0) is 14.8 Å². The van der Waals surface area contributed by atoms with E-state index in [1.54, 1.807) is 43.5 Å². The van der Waals surface area contributed by atoms with E-state index < -0.39 is 15.9 Å². The molecule has 0 bridgehead atoms. The molecule has 7 heteroatoms. The number of carbonyl (C=O) groups excluding carboxylic acids is 1. The van der Waals surface area contributed by atoms with E-state index in [0.717, 1.165) is 22.2 Å².